The van der Waals surface area contributed by atoms with Crippen LogP contribution in [0.2, 0.25) is 5.02 Å². The van der Waals surface area contributed by atoms with E-state index in [1.165, 1.54) is 6.42 Å². The first-order valence-corrected chi connectivity index (χ1v) is 7.63. The fraction of sp³-hybridized carbons (Fsp3) is 0.250. The van der Waals surface area contributed by atoms with Crippen molar-refractivity contribution >= 4 is 34.7 Å². The van der Waals surface area contributed by atoms with Crippen LogP contribution in [0.15, 0.2) is 36.5 Å². The number of rotatable bonds is 4. The summed E-state index contributed by atoms with van der Waals surface area (Å²) in [6, 6.07) is 7.20. The maximum absolute atomic E-state index is 11.7. The van der Waals surface area contributed by atoms with E-state index in [1.807, 2.05) is 12.1 Å². The van der Waals surface area contributed by atoms with E-state index in [0.717, 1.165) is 30.6 Å². The van der Waals surface area contributed by atoms with Crippen molar-refractivity contribution in [1.82, 2.24) is 9.78 Å². The number of carbonyl (C=O) groups is 1. The van der Waals surface area contributed by atoms with E-state index in [0.29, 0.717) is 16.4 Å². The normalized spacial score (nSPS) is 14.5. The van der Waals surface area contributed by atoms with E-state index < -0.39 is 5.91 Å². The Hall–Kier alpha value is -2.27. The van der Waals surface area contributed by atoms with Crippen molar-refractivity contribution in [2.75, 3.05) is 5.32 Å². The van der Waals surface area contributed by atoms with Crippen molar-refractivity contribution in [2.24, 2.45) is 5.73 Å². The van der Waals surface area contributed by atoms with Gasteiger partial charge >= 0.3 is 0 Å². The molecule has 0 saturated heterocycles. The molecule has 5 nitrogen and oxygen atoms in total. The number of hydrogen-bond acceptors (Lipinski definition) is 3. The van der Waals surface area contributed by atoms with Gasteiger partial charge in [0, 0.05) is 22.6 Å². The lowest BCUT2D eigenvalue weighted by Crippen LogP contribution is -2.12. The third-order valence-electron chi connectivity index (χ3n) is 3.65. The van der Waals surface area contributed by atoms with Crippen molar-refractivity contribution < 1.29 is 4.79 Å². The highest BCUT2D eigenvalue weighted by molar-refractivity contribution is 6.30. The number of allylic oxidation sites excluding steroid dienone is 2. The molecule has 114 valence electrons. The molecule has 0 aliphatic heterocycles. The fourth-order valence-corrected chi connectivity index (χ4v) is 2.62. The van der Waals surface area contributed by atoms with Gasteiger partial charge in [0.05, 0.1) is 0 Å². The van der Waals surface area contributed by atoms with Gasteiger partial charge in [-0.1, -0.05) is 17.7 Å². The van der Waals surface area contributed by atoms with E-state index >= 15 is 0 Å². The molecule has 0 bridgehead atoms. The van der Waals surface area contributed by atoms with Crippen LogP contribution >= 0.6 is 11.6 Å². The summed E-state index contributed by atoms with van der Waals surface area (Å²) in [5, 5.41) is 8.25. The number of nitrogens with zero attached hydrogens (tertiary/aromatic N) is 2. The molecule has 1 aromatic carbocycles. The number of nitrogens with two attached hydrogens (primary N) is 1. The second kappa shape index (κ2) is 6.23. The molecule has 0 fully saturated rings. The van der Waals surface area contributed by atoms with Crippen LogP contribution in [0.25, 0.3) is 5.70 Å². The van der Waals surface area contributed by atoms with Gasteiger partial charge in [0.2, 0.25) is 0 Å². The predicted molar refractivity (Wildman–Crippen MR) is 88.2 cm³/mol. The number of anilines is 2. The minimum absolute atomic E-state index is 0.376. The van der Waals surface area contributed by atoms with Crippen LogP contribution < -0.4 is 11.1 Å². The molecule has 3 N–H and O–H groups in total. The zero-order valence-corrected chi connectivity index (χ0v) is 12.8. The van der Waals surface area contributed by atoms with Crippen LogP contribution in [0, 0.1) is 0 Å². The first-order valence-electron chi connectivity index (χ1n) is 7.25. The number of halogens is 1. The van der Waals surface area contributed by atoms with Crippen molar-refractivity contribution in [3.63, 3.8) is 0 Å². The third kappa shape index (κ3) is 3.14. The van der Waals surface area contributed by atoms with Crippen LogP contribution in [-0.4, -0.2) is 15.7 Å². The van der Waals surface area contributed by atoms with E-state index in [1.54, 1.807) is 23.0 Å². The lowest BCUT2D eigenvalue weighted by molar-refractivity contribution is 0.100. The monoisotopic (exact) mass is 316 g/mol. The number of carbonyl (C=O) groups excluding carboxylic acids is 1. The highest BCUT2D eigenvalue weighted by Gasteiger charge is 2.16. The van der Waals surface area contributed by atoms with Crippen LogP contribution in [0.1, 0.15) is 36.0 Å². The summed E-state index contributed by atoms with van der Waals surface area (Å²) >= 11 is 5.87. The summed E-state index contributed by atoms with van der Waals surface area (Å²) in [5.74, 6) is -0.0413. The minimum Gasteiger partial charge on any atom is -0.365 e. The van der Waals surface area contributed by atoms with Gasteiger partial charge in [0.15, 0.2) is 5.82 Å². The second-order valence-corrected chi connectivity index (χ2v) is 5.71. The highest BCUT2D eigenvalue weighted by atomic mass is 35.5. The number of primary amides is 1. The van der Waals surface area contributed by atoms with Gasteiger partial charge in [0.25, 0.3) is 5.91 Å². The number of amides is 1. The topological polar surface area (TPSA) is 72.9 Å². The Balaban J connectivity index is 1.92. The van der Waals surface area contributed by atoms with E-state index in [2.05, 4.69) is 16.5 Å². The SMILES string of the molecule is NC(=O)c1cn(C2=CCCCC2)nc1Nc1ccc(Cl)cc1. The third-order valence-corrected chi connectivity index (χ3v) is 3.90. The molecule has 22 heavy (non-hydrogen) atoms. The van der Waals surface area contributed by atoms with E-state index in [9.17, 15) is 4.79 Å². The number of nitrogens with one attached hydrogen (secondary N) is 1. The van der Waals surface area contributed by atoms with Crippen molar-refractivity contribution in [3.8, 4) is 0 Å². The molecule has 1 heterocycles. The van der Waals surface area contributed by atoms with Gasteiger partial charge in [-0.15, -0.1) is 5.10 Å². The number of benzene rings is 1. The highest BCUT2D eigenvalue weighted by Crippen LogP contribution is 2.26. The number of aromatic nitrogens is 2. The molecule has 1 aliphatic rings. The molecule has 1 aliphatic carbocycles. The standard InChI is InChI=1S/C16H17ClN4O/c17-11-6-8-12(9-7-11)19-16-14(15(18)22)10-21(20-16)13-4-2-1-3-5-13/h4,6-10H,1-3,5H2,(H2,18,22)(H,19,20). The maximum Gasteiger partial charge on any atom is 0.254 e. The first-order chi connectivity index (χ1) is 10.6. The molecule has 0 atom stereocenters. The van der Waals surface area contributed by atoms with Gasteiger partial charge in [0.1, 0.15) is 5.56 Å². The van der Waals surface area contributed by atoms with Gasteiger partial charge < -0.3 is 11.1 Å². The maximum atomic E-state index is 11.7. The largest absolute Gasteiger partial charge is 0.365 e. The summed E-state index contributed by atoms with van der Waals surface area (Å²) in [5.41, 5.74) is 7.75. The molecule has 0 saturated carbocycles. The first kappa shape index (κ1) is 14.7. The Morgan fingerprint density at radius 3 is 2.68 bits per heavy atom. The van der Waals surface area contributed by atoms with Crippen LogP contribution in [0.5, 0.6) is 0 Å². The van der Waals surface area contributed by atoms with Crippen LogP contribution in [0.3, 0.4) is 0 Å². The predicted octanol–water partition coefficient (Wildman–Crippen LogP) is 3.79. The molecule has 0 spiro atoms. The van der Waals surface area contributed by atoms with Crippen LogP contribution in [0.4, 0.5) is 11.5 Å². The molecule has 0 unspecified atom stereocenters. The fourth-order valence-electron chi connectivity index (χ4n) is 2.49. The molecule has 6 heteroatoms. The number of hydrogen-bond donors (Lipinski definition) is 2. The lowest BCUT2D eigenvalue weighted by Gasteiger charge is -2.12. The zero-order chi connectivity index (χ0) is 15.5. The Labute approximate surface area is 133 Å². The quantitative estimate of drug-likeness (QED) is 0.901. The van der Waals surface area contributed by atoms with Crippen LogP contribution in [-0.2, 0) is 0 Å². The molecule has 2 aromatic rings. The minimum atomic E-state index is -0.501. The average Bonchev–Trinajstić information content (AvgIpc) is 2.95. The van der Waals surface area contributed by atoms with Gasteiger partial charge in [-0.25, -0.2) is 4.68 Å². The Morgan fingerprint density at radius 1 is 1.27 bits per heavy atom. The Bertz CT molecular complexity index is 718. The van der Waals surface area contributed by atoms with Gasteiger partial charge in [-0.2, -0.15) is 0 Å². The second-order valence-electron chi connectivity index (χ2n) is 5.27. The van der Waals surface area contributed by atoms with Crippen molar-refractivity contribution in [3.05, 3.63) is 47.1 Å². The molecule has 1 aromatic heterocycles. The molecule has 1 amide bonds. The summed E-state index contributed by atoms with van der Waals surface area (Å²) < 4.78 is 1.75. The zero-order valence-electron chi connectivity index (χ0n) is 12.1. The van der Waals surface area contributed by atoms with Crippen molar-refractivity contribution in [1.29, 1.82) is 0 Å². The summed E-state index contributed by atoms with van der Waals surface area (Å²) in [7, 11) is 0. The summed E-state index contributed by atoms with van der Waals surface area (Å²) in [4.78, 5) is 11.7. The molecule has 0 radical (unpaired) electrons. The van der Waals surface area contributed by atoms with Gasteiger partial charge in [-0.05, 0) is 49.9 Å². The molecule has 3 rings (SSSR count). The van der Waals surface area contributed by atoms with Gasteiger partial charge in [-0.3, -0.25) is 4.79 Å². The lowest BCUT2D eigenvalue weighted by atomic mass is 10.1. The van der Waals surface area contributed by atoms with E-state index in [4.69, 9.17) is 17.3 Å². The summed E-state index contributed by atoms with van der Waals surface area (Å²) in [6.07, 6.45) is 8.19. The molecular formula is C16H17ClN4O. The summed E-state index contributed by atoms with van der Waals surface area (Å²) in [6.45, 7) is 0. The molecular weight excluding hydrogens is 300 g/mol. The Morgan fingerprint density at radius 2 is 2.05 bits per heavy atom. The average molecular weight is 317 g/mol. The van der Waals surface area contributed by atoms with Crippen molar-refractivity contribution in [2.45, 2.75) is 25.7 Å². The smallest absolute Gasteiger partial charge is 0.254 e. The van der Waals surface area contributed by atoms with E-state index in [-0.39, 0.29) is 0 Å². The Kier molecular flexibility index (Phi) is 4.15.